The number of sulfone groups is 1. The normalized spacial score (nSPS) is 40.4. The molecule has 0 radical (unpaired) electrons. The summed E-state index contributed by atoms with van der Waals surface area (Å²) in [5.74, 6) is -0.0371. The third-order valence-electron chi connectivity index (χ3n) is 4.11. The highest BCUT2D eigenvalue weighted by atomic mass is 32.2. The Morgan fingerprint density at radius 1 is 1.27 bits per heavy atom. The van der Waals surface area contributed by atoms with Crippen molar-refractivity contribution in [2.75, 3.05) is 0 Å². The number of hydrogen-bond acceptors (Lipinski definition) is 3. The molecule has 0 amide bonds. The number of rotatable bonds is 2. The maximum absolute atomic E-state index is 12.2. The van der Waals surface area contributed by atoms with Crippen molar-refractivity contribution in [3.63, 3.8) is 0 Å². The van der Waals surface area contributed by atoms with Crippen LogP contribution < -0.4 is 0 Å². The average molecular weight is 230 g/mol. The van der Waals surface area contributed by atoms with Crippen LogP contribution in [-0.2, 0) is 14.6 Å². The van der Waals surface area contributed by atoms with Crippen LogP contribution in [-0.4, -0.2) is 24.2 Å². The molecule has 3 nitrogen and oxygen atoms in total. The minimum absolute atomic E-state index is 0.0371. The van der Waals surface area contributed by atoms with Crippen molar-refractivity contribution in [1.29, 1.82) is 0 Å². The van der Waals surface area contributed by atoms with Crippen LogP contribution in [0.5, 0.6) is 0 Å². The van der Waals surface area contributed by atoms with Gasteiger partial charge in [-0.1, -0.05) is 6.92 Å². The summed E-state index contributed by atoms with van der Waals surface area (Å²) in [6.07, 6.45) is 2.44. The van der Waals surface area contributed by atoms with Gasteiger partial charge in [0.2, 0.25) is 0 Å². The molecule has 2 bridgehead atoms. The molecule has 0 N–H and O–H groups in total. The summed E-state index contributed by atoms with van der Waals surface area (Å²) in [5.41, 5.74) is -0.0426. The number of carbonyl (C=O) groups is 1. The fraction of sp³-hybridized carbons (Fsp3) is 0.909. The zero-order chi connectivity index (χ0) is 11.5. The molecule has 2 atom stereocenters. The molecule has 0 aromatic rings. The first-order valence-corrected chi connectivity index (χ1v) is 7.05. The second-order valence-corrected chi connectivity index (χ2v) is 8.49. The number of Topliss-reactive ketones (excluding diaryl/α,β-unsaturated/α-hetero) is 1. The van der Waals surface area contributed by atoms with Gasteiger partial charge in [0, 0.05) is 6.42 Å². The standard InChI is InChI=1S/C11H18O3S/c1-8(2)15(13,14)11-5-4-10(3,7-11)6-9(11)12/h8H,4-7H2,1-3H3/t10-,11+/m1/s1. The molecule has 4 heteroatoms. The Kier molecular flexibility index (Phi) is 2.11. The van der Waals surface area contributed by atoms with E-state index in [4.69, 9.17) is 0 Å². The molecule has 2 rings (SSSR count). The molecule has 0 spiro atoms. The molecule has 0 aromatic carbocycles. The van der Waals surface area contributed by atoms with Crippen molar-refractivity contribution in [1.82, 2.24) is 0 Å². The Hall–Kier alpha value is -0.380. The fourth-order valence-electron chi connectivity index (χ4n) is 3.16. The van der Waals surface area contributed by atoms with Crippen molar-refractivity contribution in [3.8, 4) is 0 Å². The molecule has 2 saturated carbocycles. The Labute approximate surface area is 91.2 Å². The maximum Gasteiger partial charge on any atom is 0.165 e. The molecular weight excluding hydrogens is 212 g/mol. The molecule has 86 valence electrons. The lowest BCUT2D eigenvalue weighted by Crippen LogP contribution is -2.45. The van der Waals surface area contributed by atoms with Gasteiger partial charge in [-0.2, -0.15) is 0 Å². The van der Waals surface area contributed by atoms with Crippen LogP contribution in [0.3, 0.4) is 0 Å². The molecule has 0 aliphatic heterocycles. The second-order valence-electron chi connectivity index (χ2n) is 5.68. The smallest absolute Gasteiger partial charge is 0.165 e. The van der Waals surface area contributed by atoms with Crippen LogP contribution in [0, 0.1) is 5.41 Å². The monoisotopic (exact) mass is 230 g/mol. The van der Waals surface area contributed by atoms with E-state index in [1.165, 1.54) is 0 Å². The first-order valence-electron chi connectivity index (χ1n) is 5.50. The Morgan fingerprint density at radius 2 is 1.87 bits per heavy atom. The van der Waals surface area contributed by atoms with Gasteiger partial charge in [0.15, 0.2) is 15.6 Å². The quantitative estimate of drug-likeness (QED) is 0.725. The number of hydrogen-bond donors (Lipinski definition) is 0. The Morgan fingerprint density at radius 3 is 2.20 bits per heavy atom. The number of carbonyl (C=O) groups excluding carboxylic acids is 1. The molecule has 0 saturated heterocycles. The van der Waals surface area contributed by atoms with Crippen molar-refractivity contribution in [2.24, 2.45) is 5.41 Å². The summed E-state index contributed by atoms with van der Waals surface area (Å²) in [7, 11) is -3.28. The molecule has 0 unspecified atom stereocenters. The van der Waals surface area contributed by atoms with E-state index in [0.29, 0.717) is 19.3 Å². The Bertz CT molecular complexity index is 410. The molecule has 2 aliphatic rings. The van der Waals surface area contributed by atoms with Gasteiger partial charge in [-0.05, 0) is 38.5 Å². The number of ketones is 1. The third kappa shape index (κ3) is 1.23. The molecule has 15 heavy (non-hydrogen) atoms. The summed E-state index contributed by atoms with van der Waals surface area (Å²) in [4.78, 5) is 11.9. The van der Waals surface area contributed by atoms with Gasteiger partial charge in [0.05, 0.1) is 5.25 Å². The topological polar surface area (TPSA) is 51.2 Å². The van der Waals surface area contributed by atoms with Crippen LogP contribution in [0.1, 0.15) is 46.5 Å². The van der Waals surface area contributed by atoms with Crippen LogP contribution in [0.15, 0.2) is 0 Å². The summed E-state index contributed by atoms with van der Waals surface area (Å²) in [5, 5.41) is -0.443. The van der Waals surface area contributed by atoms with Gasteiger partial charge in [-0.15, -0.1) is 0 Å². The van der Waals surface area contributed by atoms with Crippen LogP contribution >= 0.6 is 0 Å². The van der Waals surface area contributed by atoms with E-state index >= 15 is 0 Å². The van der Waals surface area contributed by atoms with Crippen molar-refractivity contribution < 1.29 is 13.2 Å². The fourth-order valence-corrected chi connectivity index (χ4v) is 5.39. The SMILES string of the molecule is CC(C)S(=O)(=O)[C@]12CC[C@](C)(CC1=O)C2. The lowest BCUT2D eigenvalue weighted by Gasteiger charge is -2.27. The minimum Gasteiger partial charge on any atom is -0.298 e. The largest absolute Gasteiger partial charge is 0.298 e. The van der Waals surface area contributed by atoms with E-state index in [2.05, 4.69) is 0 Å². The predicted octanol–water partition coefficient (Wildman–Crippen LogP) is 1.71. The lowest BCUT2D eigenvalue weighted by atomic mass is 9.86. The molecule has 0 heterocycles. The van der Waals surface area contributed by atoms with E-state index in [0.717, 1.165) is 6.42 Å². The van der Waals surface area contributed by atoms with Crippen molar-refractivity contribution in [3.05, 3.63) is 0 Å². The van der Waals surface area contributed by atoms with Crippen LogP contribution in [0.2, 0.25) is 0 Å². The summed E-state index contributed by atoms with van der Waals surface area (Å²) >= 11 is 0. The molecule has 0 aromatic heterocycles. The van der Waals surface area contributed by atoms with E-state index < -0.39 is 19.8 Å². The highest BCUT2D eigenvalue weighted by molar-refractivity contribution is 7.94. The molecule has 2 fully saturated rings. The van der Waals surface area contributed by atoms with Gasteiger partial charge in [-0.3, -0.25) is 4.79 Å². The van der Waals surface area contributed by atoms with E-state index in [1.54, 1.807) is 13.8 Å². The summed E-state index contributed by atoms with van der Waals surface area (Å²) < 4.78 is 23.5. The number of fused-ring (bicyclic) bond motifs is 2. The second kappa shape index (κ2) is 2.84. The zero-order valence-electron chi connectivity index (χ0n) is 9.54. The van der Waals surface area contributed by atoms with E-state index in [-0.39, 0.29) is 11.2 Å². The van der Waals surface area contributed by atoms with Crippen molar-refractivity contribution in [2.45, 2.75) is 56.5 Å². The first-order chi connectivity index (χ1) is 6.74. The van der Waals surface area contributed by atoms with Gasteiger partial charge in [0.1, 0.15) is 4.75 Å². The maximum atomic E-state index is 12.2. The van der Waals surface area contributed by atoms with Gasteiger partial charge >= 0.3 is 0 Å². The first kappa shape index (κ1) is 11.1. The van der Waals surface area contributed by atoms with Crippen LogP contribution in [0.25, 0.3) is 0 Å². The molecule has 2 aliphatic carbocycles. The van der Waals surface area contributed by atoms with E-state index in [9.17, 15) is 13.2 Å². The average Bonchev–Trinajstić information content (AvgIpc) is 2.55. The highest BCUT2D eigenvalue weighted by Gasteiger charge is 2.64. The summed E-state index contributed by atoms with van der Waals surface area (Å²) in [6, 6.07) is 0. The third-order valence-corrected chi connectivity index (χ3v) is 7.01. The van der Waals surface area contributed by atoms with Gasteiger partial charge < -0.3 is 0 Å². The van der Waals surface area contributed by atoms with Crippen molar-refractivity contribution >= 4 is 15.6 Å². The van der Waals surface area contributed by atoms with E-state index in [1.807, 2.05) is 6.92 Å². The predicted molar refractivity (Wildman–Crippen MR) is 58.4 cm³/mol. The zero-order valence-corrected chi connectivity index (χ0v) is 10.4. The van der Waals surface area contributed by atoms with Gasteiger partial charge in [0.25, 0.3) is 0 Å². The lowest BCUT2D eigenvalue weighted by molar-refractivity contribution is -0.121. The van der Waals surface area contributed by atoms with Crippen LogP contribution in [0.4, 0.5) is 0 Å². The highest BCUT2D eigenvalue weighted by Crippen LogP contribution is 2.58. The molecular formula is C11H18O3S. The van der Waals surface area contributed by atoms with Gasteiger partial charge in [-0.25, -0.2) is 8.42 Å². The minimum atomic E-state index is -3.28. The summed E-state index contributed by atoms with van der Waals surface area (Å²) in [6.45, 7) is 5.38. The Balaban J connectivity index is 2.50.